The van der Waals surface area contributed by atoms with Gasteiger partial charge in [-0.1, -0.05) is 29.8 Å². The lowest BCUT2D eigenvalue weighted by Crippen LogP contribution is -2.53. The Morgan fingerprint density at radius 2 is 1.84 bits per heavy atom. The Labute approximate surface area is 215 Å². The predicted molar refractivity (Wildman–Crippen MR) is 132 cm³/mol. The highest BCUT2D eigenvalue weighted by molar-refractivity contribution is 6.31. The summed E-state index contributed by atoms with van der Waals surface area (Å²) < 4.78 is 16.1. The SMILES string of the molecule is NC(=O)c1ccc(Cl)c(F)c1CNC(=O)[C@@H]1[C@H]2CC[C@H](C2)N1C(=O)Cn1nc(C(N)=O)c2ccccc21. The Bertz CT molecular complexity index is 1460. The van der Waals surface area contributed by atoms with Gasteiger partial charge >= 0.3 is 0 Å². The van der Waals surface area contributed by atoms with E-state index in [-0.39, 0.29) is 52.8 Å². The lowest BCUT2D eigenvalue weighted by atomic mass is 9.97. The Morgan fingerprint density at radius 1 is 1.08 bits per heavy atom. The number of aromatic nitrogens is 2. The van der Waals surface area contributed by atoms with Crippen molar-refractivity contribution < 1.29 is 23.6 Å². The molecule has 1 aliphatic carbocycles. The van der Waals surface area contributed by atoms with E-state index >= 15 is 0 Å². The van der Waals surface area contributed by atoms with Crippen LogP contribution in [0.4, 0.5) is 4.39 Å². The molecule has 10 nitrogen and oxygen atoms in total. The van der Waals surface area contributed by atoms with Crippen LogP contribution in [0.25, 0.3) is 10.9 Å². The zero-order chi connectivity index (χ0) is 26.4. The predicted octanol–water partition coefficient (Wildman–Crippen LogP) is 1.72. The monoisotopic (exact) mass is 526 g/mol. The minimum atomic E-state index is -0.849. The third-order valence-corrected chi connectivity index (χ3v) is 7.51. The van der Waals surface area contributed by atoms with Crippen molar-refractivity contribution in [2.24, 2.45) is 17.4 Å². The number of halogens is 2. The molecule has 4 amide bonds. The Balaban J connectivity index is 1.37. The Morgan fingerprint density at radius 3 is 2.57 bits per heavy atom. The van der Waals surface area contributed by atoms with Crippen LogP contribution < -0.4 is 16.8 Å². The molecule has 1 saturated carbocycles. The molecule has 0 radical (unpaired) electrons. The maximum atomic E-state index is 14.6. The zero-order valence-electron chi connectivity index (χ0n) is 19.6. The molecule has 0 spiro atoms. The molecule has 192 valence electrons. The highest BCUT2D eigenvalue weighted by Gasteiger charge is 2.51. The molecular formula is C25H24ClFN6O4. The molecule has 37 heavy (non-hydrogen) atoms. The highest BCUT2D eigenvalue weighted by Crippen LogP contribution is 2.42. The van der Waals surface area contributed by atoms with E-state index < -0.39 is 29.6 Å². The largest absolute Gasteiger partial charge is 0.366 e. The van der Waals surface area contributed by atoms with Crippen LogP contribution in [0.5, 0.6) is 0 Å². The van der Waals surface area contributed by atoms with Gasteiger partial charge in [0, 0.05) is 29.1 Å². The van der Waals surface area contributed by atoms with Crippen molar-refractivity contribution in [2.45, 2.75) is 44.4 Å². The van der Waals surface area contributed by atoms with E-state index in [9.17, 15) is 23.6 Å². The van der Waals surface area contributed by atoms with Crippen molar-refractivity contribution in [2.75, 3.05) is 0 Å². The Hall–Kier alpha value is -3.99. The summed E-state index contributed by atoms with van der Waals surface area (Å²) in [7, 11) is 0. The zero-order valence-corrected chi connectivity index (χ0v) is 20.4. The van der Waals surface area contributed by atoms with E-state index in [1.54, 1.807) is 29.2 Å². The molecule has 1 saturated heterocycles. The lowest BCUT2D eigenvalue weighted by molar-refractivity contribution is -0.143. The van der Waals surface area contributed by atoms with Crippen molar-refractivity contribution in [3.63, 3.8) is 0 Å². The van der Waals surface area contributed by atoms with E-state index in [1.807, 2.05) is 0 Å². The van der Waals surface area contributed by atoms with Crippen LogP contribution in [-0.4, -0.2) is 50.4 Å². The summed E-state index contributed by atoms with van der Waals surface area (Å²) in [5.41, 5.74) is 11.3. The van der Waals surface area contributed by atoms with Crippen LogP contribution in [0, 0.1) is 11.7 Å². The van der Waals surface area contributed by atoms with Gasteiger partial charge in [-0.05, 0) is 43.4 Å². The van der Waals surface area contributed by atoms with Crippen molar-refractivity contribution in [1.29, 1.82) is 0 Å². The quantitative estimate of drug-likeness (QED) is 0.428. The number of para-hydroxylation sites is 1. The summed E-state index contributed by atoms with van der Waals surface area (Å²) in [6.07, 6.45) is 2.22. The lowest BCUT2D eigenvalue weighted by Gasteiger charge is -2.34. The molecule has 5 rings (SSSR count). The number of nitrogens with zero attached hydrogens (tertiary/aromatic N) is 3. The summed E-state index contributed by atoms with van der Waals surface area (Å²) in [4.78, 5) is 52.0. The first-order chi connectivity index (χ1) is 17.7. The van der Waals surface area contributed by atoms with E-state index in [0.29, 0.717) is 17.3 Å². The number of hydrogen-bond donors (Lipinski definition) is 3. The number of rotatable bonds is 7. The summed E-state index contributed by atoms with van der Waals surface area (Å²) in [6.45, 7) is -0.499. The summed E-state index contributed by atoms with van der Waals surface area (Å²) >= 11 is 5.86. The minimum Gasteiger partial charge on any atom is -0.366 e. The van der Waals surface area contributed by atoms with Gasteiger partial charge in [-0.3, -0.25) is 23.9 Å². The van der Waals surface area contributed by atoms with E-state index in [1.165, 1.54) is 16.8 Å². The van der Waals surface area contributed by atoms with Gasteiger partial charge in [0.05, 0.1) is 10.5 Å². The maximum Gasteiger partial charge on any atom is 0.269 e. The molecule has 2 fully saturated rings. The van der Waals surface area contributed by atoms with Crippen LogP contribution in [0.15, 0.2) is 36.4 Å². The van der Waals surface area contributed by atoms with Crippen molar-refractivity contribution in [3.05, 3.63) is 64.1 Å². The average Bonchev–Trinajstić information content (AvgIpc) is 3.58. The fourth-order valence-corrected chi connectivity index (χ4v) is 5.78. The third kappa shape index (κ3) is 4.29. The minimum absolute atomic E-state index is 0.0516. The van der Waals surface area contributed by atoms with Gasteiger partial charge in [0.1, 0.15) is 18.4 Å². The van der Waals surface area contributed by atoms with E-state index in [4.69, 9.17) is 23.1 Å². The first-order valence-electron chi connectivity index (χ1n) is 11.8. The molecule has 2 heterocycles. The second-order valence-electron chi connectivity index (χ2n) is 9.33. The smallest absolute Gasteiger partial charge is 0.269 e. The molecule has 3 atom stereocenters. The third-order valence-electron chi connectivity index (χ3n) is 7.22. The summed E-state index contributed by atoms with van der Waals surface area (Å²) in [5.74, 6) is -3.23. The summed E-state index contributed by atoms with van der Waals surface area (Å²) in [6, 6.07) is 8.59. The van der Waals surface area contributed by atoms with E-state index in [2.05, 4.69) is 10.4 Å². The number of primary amides is 2. The molecule has 5 N–H and O–H groups in total. The van der Waals surface area contributed by atoms with Gasteiger partial charge in [0.25, 0.3) is 5.91 Å². The van der Waals surface area contributed by atoms with Crippen LogP contribution >= 0.6 is 11.6 Å². The first-order valence-corrected chi connectivity index (χ1v) is 12.2. The molecule has 2 bridgehead atoms. The molecule has 2 aromatic carbocycles. The topological polar surface area (TPSA) is 153 Å². The number of hydrogen-bond acceptors (Lipinski definition) is 5. The average molecular weight is 527 g/mol. The number of benzene rings is 2. The molecular weight excluding hydrogens is 503 g/mol. The van der Waals surface area contributed by atoms with Gasteiger partial charge in [-0.2, -0.15) is 5.10 Å². The number of amides is 4. The standard InChI is InChI=1S/C25H24ClFN6O4/c26-17-8-7-14(23(28)35)16(20(17)27)10-30-25(37)22-12-5-6-13(9-12)33(22)19(34)11-32-18-4-2-1-3-15(18)21(31-32)24(29)36/h1-4,7-8,12-13,22H,5-6,9-11H2,(H2,28,35)(H2,29,36)(H,30,37)/t12-,13+,22-/m0/s1. The normalized spacial score (nSPS) is 20.4. The first kappa shape index (κ1) is 24.7. The maximum absolute atomic E-state index is 14.6. The van der Waals surface area contributed by atoms with Gasteiger partial charge in [-0.25, -0.2) is 4.39 Å². The molecule has 3 aromatic rings. The molecule has 1 aliphatic heterocycles. The molecule has 0 unspecified atom stereocenters. The van der Waals surface area contributed by atoms with Crippen molar-refractivity contribution in [3.8, 4) is 0 Å². The number of piperidine rings is 1. The molecule has 2 aliphatic rings. The fraction of sp³-hybridized carbons (Fsp3) is 0.320. The fourth-order valence-electron chi connectivity index (χ4n) is 5.60. The number of fused-ring (bicyclic) bond motifs is 3. The van der Waals surface area contributed by atoms with Gasteiger partial charge in [0.15, 0.2) is 5.69 Å². The number of nitrogens with one attached hydrogen (secondary N) is 1. The van der Waals surface area contributed by atoms with Gasteiger partial charge in [0.2, 0.25) is 17.7 Å². The van der Waals surface area contributed by atoms with Crippen molar-refractivity contribution >= 4 is 46.1 Å². The van der Waals surface area contributed by atoms with Crippen LogP contribution in [0.1, 0.15) is 45.7 Å². The molecule has 1 aromatic heterocycles. The Kier molecular flexibility index (Phi) is 6.32. The molecule has 12 heteroatoms. The number of nitrogens with two attached hydrogens (primary N) is 2. The number of carbonyl (C=O) groups excluding carboxylic acids is 4. The van der Waals surface area contributed by atoms with E-state index in [0.717, 1.165) is 12.8 Å². The second kappa shape index (κ2) is 9.47. The number of carbonyl (C=O) groups is 4. The van der Waals surface area contributed by atoms with Crippen LogP contribution in [-0.2, 0) is 22.7 Å². The van der Waals surface area contributed by atoms with Crippen LogP contribution in [0.2, 0.25) is 5.02 Å². The number of likely N-dealkylation sites (tertiary alicyclic amines) is 1. The second-order valence-corrected chi connectivity index (χ2v) is 9.74. The van der Waals surface area contributed by atoms with Gasteiger partial charge in [-0.15, -0.1) is 0 Å². The van der Waals surface area contributed by atoms with Crippen molar-refractivity contribution in [1.82, 2.24) is 20.0 Å². The highest BCUT2D eigenvalue weighted by atomic mass is 35.5. The summed E-state index contributed by atoms with van der Waals surface area (Å²) in [5, 5.41) is 7.25. The van der Waals surface area contributed by atoms with Crippen LogP contribution in [0.3, 0.4) is 0 Å². The van der Waals surface area contributed by atoms with Gasteiger partial charge < -0.3 is 21.7 Å².